The fourth-order valence-corrected chi connectivity index (χ4v) is 2.17. The molecule has 0 aromatic heterocycles. The molecule has 1 amide bonds. The molecule has 0 N–H and O–H groups in total. The van der Waals surface area contributed by atoms with Crippen molar-refractivity contribution in [1.29, 1.82) is 5.26 Å². The Kier molecular flexibility index (Phi) is 3.70. The summed E-state index contributed by atoms with van der Waals surface area (Å²) in [6.07, 6.45) is 0. The quantitative estimate of drug-likeness (QED) is 0.723. The van der Waals surface area contributed by atoms with Crippen molar-refractivity contribution in [1.82, 2.24) is 4.90 Å². The first-order chi connectivity index (χ1) is 6.63. The van der Waals surface area contributed by atoms with E-state index < -0.39 is 0 Å². The van der Waals surface area contributed by atoms with Gasteiger partial charge in [-0.1, -0.05) is 0 Å². The van der Waals surface area contributed by atoms with E-state index >= 15 is 0 Å². The molecule has 0 saturated heterocycles. The molecule has 3 nitrogen and oxygen atoms in total. The van der Waals surface area contributed by atoms with E-state index in [1.807, 2.05) is 18.2 Å². The summed E-state index contributed by atoms with van der Waals surface area (Å²) in [5, 5.41) is 8.58. The van der Waals surface area contributed by atoms with Crippen LogP contribution in [0.4, 0.5) is 4.79 Å². The van der Waals surface area contributed by atoms with Crippen LogP contribution in [0.25, 0.3) is 0 Å². The molecule has 0 fully saturated rings. The summed E-state index contributed by atoms with van der Waals surface area (Å²) in [6.45, 7) is 0. The zero-order valence-electron chi connectivity index (χ0n) is 8.02. The van der Waals surface area contributed by atoms with Crippen LogP contribution >= 0.6 is 0 Å². The van der Waals surface area contributed by atoms with Gasteiger partial charge in [-0.3, -0.25) is 0 Å². The molecule has 1 aromatic carbocycles. The number of rotatable bonds is 2. The van der Waals surface area contributed by atoms with Gasteiger partial charge in [-0.15, -0.1) is 0 Å². The fourth-order valence-electron chi connectivity index (χ4n) is 0.790. The van der Waals surface area contributed by atoms with Gasteiger partial charge in [-0.05, 0) is 0 Å². The average molecular weight is 253 g/mol. The van der Waals surface area contributed by atoms with Crippen molar-refractivity contribution < 1.29 is 4.79 Å². The molecular formula is C10H10N2OSe. The summed E-state index contributed by atoms with van der Waals surface area (Å²) >= 11 is -0.183. The van der Waals surface area contributed by atoms with Crippen molar-refractivity contribution in [3.63, 3.8) is 0 Å². The molecular weight excluding hydrogens is 243 g/mol. The second-order valence-corrected chi connectivity index (χ2v) is 5.05. The average Bonchev–Trinajstić information content (AvgIpc) is 2.19. The first-order valence-corrected chi connectivity index (χ1v) is 5.74. The number of hydrogen-bond acceptors (Lipinski definition) is 2. The summed E-state index contributed by atoms with van der Waals surface area (Å²) in [5.74, 6) is 0. The molecule has 0 atom stereocenters. The van der Waals surface area contributed by atoms with Crippen molar-refractivity contribution in [3.05, 3.63) is 29.8 Å². The second kappa shape index (κ2) is 4.80. The minimum atomic E-state index is -0.183. The van der Waals surface area contributed by atoms with Gasteiger partial charge in [-0.25, -0.2) is 0 Å². The van der Waals surface area contributed by atoms with Crippen molar-refractivity contribution in [2.45, 2.75) is 0 Å². The number of amides is 1. The van der Waals surface area contributed by atoms with Gasteiger partial charge in [0.15, 0.2) is 0 Å². The van der Waals surface area contributed by atoms with Crippen LogP contribution in [-0.2, 0) is 0 Å². The van der Waals surface area contributed by atoms with Crippen molar-refractivity contribution in [3.8, 4) is 6.07 Å². The maximum absolute atomic E-state index is 11.4. The molecule has 4 heteroatoms. The molecule has 0 heterocycles. The normalized spacial score (nSPS) is 9.21. The van der Waals surface area contributed by atoms with Gasteiger partial charge in [0.25, 0.3) is 0 Å². The number of nitrogens with zero attached hydrogens (tertiary/aromatic N) is 2. The van der Waals surface area contributed by atoms with Gasteiger partial charge in [-0.2, -0.15) is 0 Å². The Morgan fingerprint density at radius 2 is 1.93 bits per heavy atom. The van der Waals surface area contributed by atoms with Gasteiger partial charge >= 0.3 is 89.2 Å². The summed E-state index contributed by atoms with van der Waals surface area (Å²) in [7, 11) is 3.49. The molecule has 0 aliphatic heterocycles. The third-order valence-corrected chi connectivity index (χ3v) is 3.75. The summed E-state index contributed by atoms with van der Waals surface area (Å²) in [6, 6.07) is 9.18. The number of hydrogen-bond donors (Lipinski definition) is 0. The van der Waals surface area contributed by atoms with Gasteiger partial charge in [0.2, 0.25) is 0 Å². The number of nitriles is 1. The van der Waals surface area contributed by atoms with Crippen LogP contribution in [0.2, 0.25) is 0 Å². The molecule has 0 aliphatic carbocycles. The molecule has 14 heavy (non-hydrogen) atoms. The predicted octanol–water partition coefficient (Wildman–Crippen LogP) is 0.569. The Morgan fingerprint density at radius 3 is 2.36 bits per heavy atom. The van der Waals surface area contributed by atoms with Crippen LogP contribution in [0.5, 0.6) is 0 Å². The van der Waals surface area contributed by atoms with Gasteiger partial charge < -0.3 is 0 Å². The zero-order chi connectivity index (χ0) is 10.6. The van der Waals surface area contributed by atoms with E-state index in [1.165, 1.54) is 0 Å². The number of carbonyl (C=O) groups is 1. The fraction of sp³-hybridized carbons (Fsp3) is 0.200. The van der Waals surface area contributed by atoms with Crippen molar-refractivity contribution >= 4 is 24.2 Å². The molecule has 0 saturated carbocycles. The van der Waals surface area contributed by atoms with Crippen molar-refractivity contribution in [2.75, 3.05) is 14.1 Å². The van der Waals surface area contributed by atoms with Crippen molar-refractivity contribution in [2.24, 2.45) is 0 Å². The molecule has 0 aliphatic rings. The maximum atomic E-state index is 11.4. The summed E-state index contributed by atoms with van der Waals surface area (Å²) in [4.78, 5) is 13.1. The second-order valence-electron chi connectivity index (χ2n) is 2.90. The molecule has 72 valence electrons. The van der Waals surface area contributed by atoms with Crippen LogP contribution in [0.1, 0.15) is 5.56 Å². The third kappa shape index (κ3) is 2.88. The Labute approximate surface area is 89.5 Å². The van der Waals surface area contributed by atoms with E-state index in [0.29, 0.717) is 5.56 Å². The minimum absolute atomic E-state index is 0.127. The SMILES string of the molecule is CN(C)C(=O)[Se]c1ccc(C#N)cc1. The molecule has 1 rings (SSSR count). The van der Waals surface area contributed by atoms with Crippen LogP contribution in [0.3, 0.4) is 0 Å². The Balaban J connectivity index is 2.70. The van der Waals surface area contributed by atoms with E-state index in [2.05, 4.69) is 0 Å². The molecule has 1 aromatic rings. The van der Waals surface area contributed by atoms with E-state index in [4.69, 9.17) is 5.26 Å². The van der Waals surface area contributed by atoms with Gasteiger partial charge in [0.1, 0.15) is 0 Å². The van der Waals surface area contributed by atoms with E-state index in [-0.39, 0.29) is 19.8 Å². The first kappa shape index (κ1) is 10.8. The standard InChI is InChI=1S/C10H10N2OSe/c1-12(2)10(13)14-9-5-3-8(7-11)4-6-9/h3-6H,1-2H3. The monoisotopic (exact) mass is 254 g/mol. The summed E-state index contributed by atoms with van der Waals surface area (Å²) < 4.78 is 0.996. The molecule has 0 bridgehead atoms. The van der Waals surface area contributed by atoms with Crippen LogP contribution in [0.15, 0.2) is 24.3 Å². The Morgan fingerprint density at radius 1 is 1.36 bits per heavy atom. The third-order valence-electron chi connectivity index (χ3n) is 1.55. The molecule has 0 radical (unpaired) electrons. The molecule has 0 spiro atoms. The van der Waals surface area contributed by atoms with E-state index in [1.54, 1.807) is 31.1 Å². The topological polar surface area (TPSA) is 44.1 Å². The van der Waals surface area contributed by atoms with Crippen LogP contribution in [0, 0.1) is 11.3 Å². The first-order valence-electron chi connectivity index (χ1n) is 4.03. The van der Waals surface area contributed by atoms with Crippen LogP contribution < -0.4 is 4.46 Å². The summed E-state index contributed by atoms with van der Waals surface area (Å²) in [5.41, 5.74) is 0.627. The van der Waals surface area contributed by atoms with E-state index in [9.17, 15) is 4.79 Å². The zero-order valence-corrected chi connectivity index (χ0v) is 9.73. The Bertz CT molecular complexity index is 365. The number of benzene rings is 1. The van der Waals surface area contributed by atoms with Crippen LogP contribution in [-0.4, -0.2) is 38.8 Å². The van der Waals surface area contributed by atoms with Gasteiger partial charge in [0, 0.05) is 0 Å². The molecule has 0 unspecified atom stereocenters. The number of carbonyl (C=O) groups excluding carboxylic acids is 1. The predicted molar refractivity (Wildman–Crippen MR) is 55.6 cm³/mol. The van der Waals surface area contributed by atoms with E-state index in [0.717, 1.165) is 4.46 Å². The Hall–Kier alpha value is -1.30. The van der Waals surface area contributed by atoms with Gasteiger partial charge in [0.05, 0.1) is 0 Å².